The van der Waals surface area contributed by atoms with Gasteiger partial charge in [0, 0.05) is 17.1 Å². The fourth-order valence-corrected chi connectivity index (χ4v) is 2.84. The molecule has 2 atom stereocenters. The number of halogens is 2. The third-order valence-electron chi connectivity index (χ3n) is 3.63. The molecule has 0 radical (unpaired) electrons. The van der Waals surface area contributed by atoms with Gasteiger partial charge in [-0.15, -0.1) is 0 Å². The van der Waals surface area contributed by atoms with E-state index < -0.39 is 0 Å². The largest absolute Gasteiger partial charge is 0.378 e. The predicted octanol–water partition coefficient (Wildman–Crippen LogP) is 3.81. The average Bonchev–Trinajstić information content (AvgIpc) is 2.41. The Balaban J connectivity index is 1.78. The second-order valence-corrected chi connectivity index (χ2v) is 6.18. The van der Waals surface area contributed by atoms with Crippen molar-refractivity contribution in [2.24, 2.45) is 5.73 Å². The summed E-state index contributed by atoms with van der Waals surface area (Å²) in [6, 6.07) is 5.15. The van der Waals surface area contributed by atoms with Crippen LogP contribution in [-0.2, 0) is 11.2 Å². The molecule has 1 aromatic carbocycles. The van der Waals surface area contributed by atoms with Crippen LogP contribution in [0.5, 0.6) is 0 Å². The lowest BCUT2D eigenvalue weighted by atomic mass is 9.98. The first-order valence-corrected chi connectivity index (χ1v) is 7.75. The second-order valence-electron chi connectivity index (χ2n) is 5.27. The van der Waals surface area contributed by atoms with E-state index in [1.54, 1.807) is 6.07 Å². The highest BCUT2D eigenvalue weighted by molar-refractivity contribution is 9.10. The highest BCUT2D eigenvalue weighted by atomic mass is 79.9. The molecule has 1 aromatic rings. The summed E-state index contributed by atoms with van der Waals surface area (Å²) in [7, 11) is 0. The van der Waals surface area contributed by atoms with Crippen LogP contribution < -0.4 is 5.73 Å². The molecule has 1 aliphatic rings. The molecular weight excluding hydrogens is 309 g/mol. The summed E-state index contributed by atoms with van der Waals surface area (Å²) in [5.74, 6) is -0.182. The SMILES string of the molecule is NC(CCC1CCCCO1)Cc1ccc(Br)cc1F. The Labute approximate surface area is 122 Å². The molecule has 1 saturated heterocycles. The molecule has 0 spiro atoms. The zero-order chi connectivity index (χ0) is 13.7. The summed E-state index contributed by atoms with van der Waals surface area (Å²) >= 11 is 3.26. The second kappa shape index (κ2) is 7.36. The lowest BCUT2D eigenvalue weighted by Crippen LogP contribution is -2.27. The van der Waals surface area contributed by atoms with E-state index in [-0.39, 0.29) is 11.9 Å². The Kier molecular flexibility index (Phi) is 5.79. The van der Waals surface area contributed by atoms with Crippen molar-refractivity contribution in [3.8, 4) is 0 Å². The van der Waals surface area contributed by atoms with E-state index in [9.17, 15) is 4.39 Å². The Morgan fingerprint density at radius 1 is 1.42 bits per heavy atom. The Morgan fingerprint density at radius 2 is 2.26 bits per heavy atom. The lowest BCUT2D eigenvalue weighted by molar-refractivity contribution is 0.00915. The Hall–Kier alpha value is -0.450. The molecule has 1 fully saturated rings. The zero-order valence-corrected chi connectivity index (χ0v) is 12.7. The van der Waals surface area contributed by atoms with Gasteiger partial charge in [0.2, 0.25) is 0 Å². The minimum atomic E-state index is -0.182. The van der Waals surface area contributed by atoms with Gasteiger partial charge < -0.3 is 10.5 Å². The van der Waals surface area contributed by atoms with Crippen molar-refractivity contribution < 1.29 is 9.13 Å². The minimum Gasteiger partial charge on any atom is -0.378 e. The molecule has 2 rings (SSSR count). The maximum Gasteiger partial charge on any atom is 0.127 e. The molecule has 106 valence electrons. The van der Waals surface area contributed by atoms with Crippen molar-refractivity contribution in [2.45, 2.75) is 50.7 Å². The zero-order valence-electron chi connectivity index (χ0n) is 11.1. The van der Waals surface area contributed by atoms with Gasteiger partial charge in [-0.3, -0.25) is 0 Å². The van der Waals surface area contributed by atoms with E-state index in [4.69, 9.17) is 10.5 Å². The van der Waals surface area contributed by atoms with Crippen molar-refractivity contribution in [3.63, 3.8) is 0 Å². The third-order valence-corrected chi connectivity index (χ3v) is 4.12. The van der Waals surface area contributed by atoms with Crippen LogP contribution >= 0.6 is 15.9 Å². The van der Waals surface area contributed by atoms with Crippen LogP contribution in [0.25, 0.3) is 0 Å². The maximum atomic E-state index is 13.7. The highest BCUT2D eigenvalue weighted by Crippen LogP contribution is 2.20. The van der Waals surface area contributed by atoms with Crippen molar-refractivity contribution in [1.29, 1.82) is 0 Å². The standard InChI is InChI=1S/C15H21BrFNO/c16-12-5-4-11(15(17)10-12)9-13(18)6-7-14-3-1-2-8-19-14/h4-5,10,13-14H,1-3,6-9,18H2. The molecule has 2 N–H and O–H groups in total. The monoisotopic (exact) mass is 329 g/mol. The quantitative estimate of drug-likeness (QED) is 0.891. The van der Waals surface area contributed by atoms with Gasteiger partial charge in [0.15, 0.2) is 0 Å². The molecule has 0 saturated carbocycles. The molecule has 2 unspecified atom stereocenters. The summed E-state index contributed by atoms with van der Waals surface area (Å²) in [6.45, 7) is 0.876. The smallest absolute Gasteiger partial charge is 0.127 e. The molecule has 19 heavy (non-hydrogen) atoms. The molecule has 0 bridgehead atoms. The fourth-order valence-electron chi connectivity index (χ4n) is 2.51. The molecule has 1 aliphatic heterocycles. The first kappa shape index (κ1) is 14.9. The van der Waals surface area contributed by atoms with Crippen LogP contribution in [0, 0.1) is 5.82 Å². The fraction of sp³-hybridized carbons (Fsp3) is 0.600. The molecular formula is C15H21BrFNO. The molecule has 2 nitrogen and oxygen atoms in total. The summed E-state index contributed by atoms with van der Waals surface area (Å²) in [5.41, 5.74) is 6.79. The Bertz CT molecular complexity index is 407. The number of nitrogens with two attached hydrogens (primary N) is 1. The number of ether oxygens (including phenoxy) is 1. The maximum absolute atomic E-state index is 13.7. The van der Waals surface area contributed by atoms with Crippen molar-refractivity contribution in [3.05, 3.63) is 34.1 Å². The van der Waals surface area contributed by atoms with Gasteiger partial charge in [-0.25, -0.2) is 4.39 Å². The van der Waals surface area contributed by atoms with Crippen molar-refractivity contribution in [2.75, 3.05) is 6.61 Å². The normalized spacial score (nSPS) is 21.3. The van der Waals surface area contributed by atoms with Crippen LogP contribution in [0.1, 0.15) is 37.7 Å². The van der Waals surface area contributed by atoms with Crippen LogP contribution in [0.3, 0.4) is 0 Å². The van der Waals surface area contributed by atoms with E-state index in [1.807, 2.05) is 6.07 Å². The topological polar surface area (TPSA) is 35.2 Å². The number of benzene rings is 1. The van der Waals surface area contributed by atoms with Crippen molar-refractivity contribution >= 4 is 15.9 Å². The van der Waals surface area contributed by atoms with E-state index in [2.05, 4.69) is 15.9 Å². The van der Waals surface area contributed by atoms with Crippen LogP contribution in [-0.4, -0.2) is 18.8 Å². The van der Waals surface area contributed by atoms with Crippen molar-refractivity contribution in [1.82, 2.24) is 0 Å². The van der Waals surface area contributed by atoms with Gasteiger partial charge in [0.1, 0.15) is 5.82 Å². The third kappa shape index (κ3) is 4.86. The summed E-state index contributed by atoms with van der Waals surface area (Å²) in [6.07, 6.45) is 6.38. The van der Waals surface area contributed by atoms with Crippen LogP contribution in [0.2, 0.25) is 0 Å². The lowest BCUT2D eigenvalue weighted by Gasteiger charge is -2.23. The molecule has 4 heteroatoms. The number of hydrogen-bond donors (Lipinski definition) is 1. The predicted molar refractivity (Wildman–Crippen MR) is 78.6 cm³/mol. The molecule has 0 aliphatic carbocycles. The molecule has 0 amide bonds. The van der Waals surface area contributed by atoms with Gasteiger partial charge >= 0.3 is 0 Å². The van der Waals surface area contributed by atoms with Gasteiger partial charge in [-0.2, -0.15) is 0 Å². The first-order chi connectivity index (χ1) is 9.15. The van der Waals surface area contributed by atoms with E-state index in [1.165, 1.54) is 18.9 Å². The van der Waals surface area contributed by atoms with Crippen LogP contribution in [0.15, 0.2) is 22.7 Å². The van der Waals surface area contributed by atoms with E-state index in [0.717, 1.165) is 30.3 Å². The van der Waals surface area contributed by atoms with Gasteiger partial charge in [-0.05, 0) is 56.2 Å². The summed E-state index contributed by atoms with van der Waals surface area (Å²) in [4.78, 5) is 0. The van der Waals surface area contributed by atoms with Gasteiger partial charge in [0.05, 0.1) is 6.10 Å². The summed E-state index contributed by atoms with van der Waals surface area (Å²) < 4.78 is 20.1. The minimum absolute atomic E-state index is 0.00111. The van der Waals surface area contributed by atoms with E-state index >= 15 is 0 Å². The van der Waals surface area contributed by atoms with E-state index in [0.29, 0.717) is 18.1 Å². The number of rotatable bonds is 5. The average molecular weight is 330 g/mol. The first-order valence-electron chi connectivity index (χ1n) is 6.96. The number of hydrogen-bond acceptors (Lipinski definition) is 2. The van der Waals surface area contributed by atoms with Gasteiger partial charge in [0.25, 0.3) is 0 Å². The highest BCUT2D eigenvalue weighted by Gasteiger charge is 2.16. The molecule has 0 aromatic heterocycles. The Morgan fingerprint density at radius 3 is 2.95 bits per heavy atom. The van der Waals surface area contributed by atoms with Gasteiger partial charge in [-0.1, -0.05) is 22.0 Å². The molecule has 1 heterocycles. The van der Waals surface area contributed by atoms with Crippen LogP contribution in [0.4, 0.5) is 4.39 Å². The summed E-state index contributed by atoms with van der Waals surface area (Å²) in [5, 5.41) is 0.